The van der Waals surface area contributed by atoms with E-state index < -0.39 is 170 Å². The van der Waals surface area contributed by atoms with Crippen molar-refractivity contribution in [1.29, 1.82) is 5.41 Å². The Morgan fingerprint density at radius 1 is 0.597 bits per heavy atom. The van der Waals surface area contributed by atoms with Gasteiger partial charge in [0.2, 0.25) is 41.4 Å². The molecule has 0 aliphatic heterocycles. The Hall–Kier alpha value is -6.57. The molecular weight excluding hydrogens is 988 g/mol. The molecule has 0 aromatic rings. The van der Waals surface area contributed by atoms with Crippen LogP contribution in [-0.4, -0.2) is 174 Å². The molecule has 412 valence electrons. The molecule has 0 rings (SSSR count). The van der Waals surface area contributed by atoms with Gasteiger partial charge in [-0.1, -0.05) is 54.4 Å². The Morgan fingerprint density at radius 2 is 1.03 bits per heavy atom. The van der Waals surface area contributed by atoms with Crippen molar-refractivity contribution in [2.24, 2.45) is 29.2 Å². The molecule has 0 aliphatic rings. The lowest BCUT2D eigenvalue weighted by molar-refractivity contribution is -0.201. The number of aliphatic hydroxyl groups is 2. The number of carboxylic acid groups (broad SMARTS) is 1. The Balaban J connectivity index is 6.45. The molecule has 11 atom stereocenters. The molecule has 72 heavy (non-hydrogen) atoms. The second kappa shape index (κ2) is 30.3. The number of guanidine groups is 1. The lowest BCUT2D eigenvalue weighted by Gasteiger charge is -2.31. The van der Waals surface area contributed by atoms with Crippen molar-refractivity contribution < 1.29 is 99.1 Å². The Morgan fingerprint density at radius 3 is 1.46 bits per heavy atom. The number of carbonyl (C=O) groups excluding carboxylic acids is 9. The van der Waals surface area contributed by atoms with Crippen LogP contribution in [0.3, 0.4) is 0 Å². The molecule has 0 saturated heterocycles. The van der Waals surface area contributed by atoms with Crippen LogP contribution in [0.5, 0.6) is 0 Å². The molecule has 0 fully saturated rings. The van der Waals surface area contributed by atoms with Gasteiger partial charge >= 0.3 is 30.3 Å². The summed E-state index contributed by atoms with van der Waals surface area (Å²) in [5.74, 6) is -18.5. The number of alkyl halides is 6. The molecule has 0 unspecified atom stereocenters. The fraction of sp³-hybridized carbons (Fsp3) is 0.725. The summed E-state index contributed by atoms with van der Waals surface area (Å²) in [5, 5.41) is 55.0. The molecular formula is C40H65F6N11O15. The third-order valence-electron chi connectivity index (χ3n) is 10.5. The standard InChI is InChI=1S/C40H65F6N11O15/c1-8-17(5)25(56-31(63)24(47)28(60)16(3)4)33(65)53-20(11-10-12-50-38(48)49)29(61)55-26(18(6)9-2)34(66)57-27(19(7)58)32(64)51-13-23(59)52-21(14-71-36(69)39(41,42)43)30(62)54-22(35(67)68)15-72-37(70)40(44,45)46/h16-22,24-28,58,60H,8-15,47H2,1-7H3,(H,51,64)(H,52,59)(H,53,65)(H,54,62)(H,55,61)(H,56,63)(H,57,66)(H,67,68)(H4,48,49,50)/t17-,18-,19-,20+,21-,22-,24-,25-,26-,27-,28+/m0/s1. The summed E-state index contributed by atoms with van der Waals surface area (Å²) >= 11 is 0. The first kappa shape index (κ1) is 65.4. The molecule has 0 bridgehead atoms. The number of carboxylic acids is 1. The molecule has 0 aliphatic carbocycles. The van der Waals surface area contributed by atoms with Gasteiger partial charge < -0.3 is 78.8 Å². The number of nitrogens with two attached hydrogens (primary N) is 2. The van der Waals surface area contributed by atoms with Gasteiger partial charge in [0, 0.05) is 6.54 Å². The number of ether oxygens (including phenoxy) is 2. The van der Waals surface area contributed by atoms with Gasteiger partial charge in [-0.15, -0.1) is 0 Å². The molecule has 0 aromatic heterocycles. The maximum absolute atomic E-state index is 14.0. The number of aliphatic carboxylic acids is 1. The normalized spacial score (nSPS) is 16.2. The summed E-state index contributed by atoms with van der Waals surface area (Å²) in [4.78, 5) is 128. The number of amides is 7. The number of hydrogen-bond donors (Lipinski definition) is 14. The van der Waals surface area contributed by atoms with E-state index in [9.17, 15) is 89.6 Å². The molecule has 7 amide bonds. The monoisotopic (exact) mass is 1050 g/mol. The fourth-order valence-corrected chi connectivity index (χ4v) is 5.82. The maximum Gasteiger partial charge on any atom is 0.490 e. The third kappa shape index (κ3) is 23.1. The van der Waals surface area contributed by atoms with E-state index in [0.29, 0.717) is 6.42 Å². The summed E-state index contributed by atoms with van der Waals surface area (Å²) in [7, 11) is 0. The molecule has 0 spiro atoms. The average Bonchev–Trinajstić information content (AvgIpc) is 3.28. The van der Waals surface area contributed by atoms with Gasteiger partial charge in [0.1, 0.15) is 49.5 Å². The van der Waals surface area contributed by atoms with Gasteiger partial charge in [0.25, 0.3) is 0 Å². The van der Waals surface area contributed by atoms with Crippen LogP contribution < -0.4 is 54.0 Å². The minimum atomic E-state index is -5.66. The largest absolute Gasteiger partial charge is 0.490 e. The number of aliphatic hydroxyl groups excluding tert-OH is 2. The highest BCUT2D eigenvalue weighted by Gasteiger charge is 2.44. The van der Waals surface area contributed by atoms with Gasteiger partial charge in [-0.2, -0.15) is 26.3 Å². The second-order valence-corrected chi connectivity index (χ2v) is 16.7. The quantitative estimate of drug-likeness (QED) is 0.0109. The van der Waals surface area contributed by atoms with Crippen LogP contribution in [0.4, 0.5) is 26.3 Å². The van der Waals surface area contributed by atoms with E-state index in [1.807, 2.05) is 5.32 Å². The minimum Gasteiger partial charge on any atom is -0.480 e. The first-order valence-corrected chi connectivity index (χ1v) is 22.1. The Kier molecular flexibility index (Phi) is 27.6. The predicted octanol–water partition coefficient (Wildman–Crippen LogP) is -3.61. The van der Waals surface area contributed by atoms with Crippen LogP contribution in [0.1, 0.15) is 74.1 Å². The van der Waals surface area contributed by atoms with Crippen molar-refractivity contribution in [1.82, 2.24) is 42.5 Å². The number of halogens is 6. The van der Waals surface area contributed by atoms with Crippen LogP contribution in [0.25, 0.3) is 0 Å². The molecule has 32 heteroatoms. The fourth-order valence-electron chi connectivity index (χ4n) is 5.82. The topological polar surface area (TPSA) is 422 Å². The Bertz CT molecular complexity index is 1910. The van der Waals surface area contributed by atoms with Crippen LogP contribution in [0.2, 0.25) is 0 Å². The molecule has 0 aromatic carbocycles. The summed E-state index contributed by atoms with van der Waals surface area (Å²) < 4.78 is 83.9. The average molecular weight is 1050 g/mol. The molecule has 0 saturated carbocycles. The van der Waals surface area contributed by atoms with Gasteiger partial charge in [-0.25, -0.2) is 14.4 Å². The van der Waals surface area contributed by atoms with Crippen molar-refractivity contribution in [3.63, 3.8) is 0 Å². The zero-order valence-electron chi connectivity index (χ0n) is 40.2. The van der Waals surface area contributed by atoms with Crippen molar-refractivity contribution >= 4 is 65.2 Å². The van der Waals surface area contributed by atoms with Crippen molar-refractivity contribution in [2.45, 2.75) is 141 Å². The summed E-state index contributed by atoms with van der Waals surface area (Å²) in [6.07, 6.45) is -13.9. The number of hydrogen-bond acceptors (Lipinski definition) is 16. The number of carbonyl (C=O) groups is 10. The highest BCUT2D eigenvalue weighted by Crippen LogP contribution is 2.18. The highest BCUT2D eigenvalue weighted by atomic mass is 19.4. The van der Waals surface area contributed by atoms with Crippen LogP contribution in [-0.2, 0) is 57.4 Å². The molecule has 0 heterocycles. The van der Waals surface area contributed by atoms with E-state index in [1.54, 1.807) is 39.9 Å². The van der Waals surface area contributed by atoms with E-state index in [0.717, 1.165) is 6.92 Å². The second-order valence-electron chi connectivity index (χ2n) is 16.7. The summed E-state index contributed by atoms with van der Waals surface area (Å²) in [5.41, 5.74) is 11.3. The number of esters is 2. The number of nitrogens with one attached hydrogen (secondary N) is 9. The van der Waals surface area contributed by atoms with Crippen molar-refractivity contribution in [3.8, 4) is 0 Å². The van der Waals surface area contributed by atoms with Gasteiger partial charge in [-0.3, -0.25) is 39.0 Å². The van der Waals surface area contributed by atoms with Crippen molar-refractivity contribution in [2.75, 3.05) is 26.3 Å². The summed E-state index contributed by atoms with van der Waals surface area (Å²) in [6.45, 7) is 6.12. The van der Waals surface area contributed by atoms with Gasteiger partial charge in [0.15, 0.2) is 12.0 Å². The molecule has 16 N–H and O–H groups in total. The lowest BCUT2D eigenvalue weighted by atomic mass is 9.95. The first-order chi connectivity index (χ1) is 33.1. The SMILES string of the molecule is CC[C@H](C)[C@H](NC(=O)[C@@H](N)[C@H](O)C(C)C)C(=O)N[C@H](CCCNC(=N)N)C(=O)N[C@H](C(=O)N[C@H](C(=O)NCC(=O)N[C@@H](COC(=O)C(F)(F)F)C(=O)N[C@@H](COC(=O)C(F)(F)F)C(=O)O)[C@H](C)O)[C@@H](C)CC. The van der Waals surface area contributed by atoms with Gasteiger partial charge in [-0.05, 0) is 37.5 Å². The van der Waals surface area contributed by atoms with Gasteiger partial charge in [0.05, 0.1) is 18.8 Å². The van der Waals surface area contributed by atoms with E-state index in [-0.39, 0.29) is 25.8 Å². The first-order valence-electron chi connectivity index (χ1n) is 22.1. The van der Waals surface area contributed by atoms with Crippen LogP contribution >= 0.6 is 0 Å². The van der Waals surface area contributed by atoms with E-state index in [1.165, 1.54) is 12.2 Å². The highest BCUT2D eigenvalue weighted by molar-refractivity contribution is 5.97. The van der Waals surface area contributed by atoms with E-state index >= 15 is 0 Å². The number of rotatable bonds is 30. The van der Waals surface area contributed by atoms with E-state index in [4.69, 9.17) is 16.9 Å². The zero-order chi connectivity index (χ0) is 56.0. The lowest BCUT2D eigenvalue weighted by Crippen LogP contribution is -2.62. The smallest absolute Gasteiger partial charge is 0.480 e. The van der Waals surface area contributed by atoms with E-state index in [2.05, 4.69) is 36.1 Å². The minimum absolute atomic E-state index is 0.0401. The summed E-state index contributed by atoms with van der Waals surface area (Å²) in [6, 6.07) is -12.6. The molecule has 0 radical (unpaired) electrons. The zero-order valence-corrected chi connectivity index (χ0v) is 40.2. The third-order valence-corrected chi connectivity index (χ3v) is 10.5. The van der Waals surface area contributed by atoms with Crippen LogP contribution in [0.15, 0.2) is 0 Å². The maximum atomic E-state index is 14.0. The molecule has 26 nitrogen and oxygen atoms in total. The van der Waals surface area contributed by atoms with Crippen molar-refractivity contribution in [3.05, 3.63) is 0 Å². The Labute approximate surface area is 408 Å². The predicted molar refractivity (Wildman–Crippen MR) is 235 cm³/mol. The van der Waals surface area contributed by atoms with Crippen LogP contribution in [0, 0.1) is 23.2 Å².